The van der Waals surface area contributed by atoms with Crippen LogP contribution >= 0.6 is 0 Å². The van der Waals surface area contributed by atoms with Crippen molar-refractivity contribution in [1.29, 1.82) is 0 Å². The fourth-order valence-electron chi connectivity index (χ4n) is 4.14. The maximum atomic E-state index is 13.2. The number of hydrogen-bond donors (Lipinski definition) is 2. The molecule has 2 N–H and O–H groups in total. The van der Waals surface area contributed by atoms with Crippen molar-refractivity contribution < 1.29 is 32.2 Å². The van der Waals surface area contributed by atoms with Crippen molar-refractivity contribution in [3.63, 3.8) is 0 Å². The molecule has 0 aliphatic heterocycles. The zero-order chi connectivity index (χ0) is 29.3. The van der Waals surface area contributed by atoms with Crippen LogP contribution in [0.15, 0.2) is 66.7 Å². The van der Waals surface area contributed by atoms with Crippen molar-refractivity contribution in [1.82, 2.24) is 5.32 Å². The highest BCUT2D eigenvalue weighted by atomic mass is 32.2. The largest absolute Gasteiger partial charge is 0.494 e. The molecule has 3 aromatic carbocycles. The highest BCUT2D eigenvalue weighted by Gasteiger charge is 2.30. The summed E-state index contributed by atoms with van der Waals surface area (Å²) in [6.07, 6.45) is 1.58. The van der Waals surface area contributed by atoms with Gasteiger partial charge in [0.1, 0.15) is 11.8 Å². The number of rotatable bonds is 13. The van der Waals surface area contributed by atoms with Crippen molar-refractivity contribution in [2.24, 2.45) is 0 Å². The summed E-state index contributed by atoms with van der Waals surface area (Å²) < 4.78 is 42.4. The number of anilines is 2. The predicted molar refractivity (Wildman–Crippen MR) is 155 cm³/mol. The summed E-state index contributed by atoms with van der Waals surface area (Å²) in [6, 6.07) is 17.4. The summed E-state index contributed by atoms with van der Waals surface area (Å²) in [5, 5.41) is 5.58. The van der Waals surface area contributed by atoms with E-state index in [1.54, 1.807) is 68.8 Å². The monoisotopic (exact) mass is 569 g/mol. The quantitative estimate of drug-likeness (QED) is 0.320. The molecule has 0 aromatic heterocycles. The Kier molecular flexibility index (Phi) is 10.4. The van der Waals surface area contributed by atoms with Gasteiger partial charge in [-0.1, -0.05) is 18.2 Å². The number of sulfonamides is 1. The van der Waals surface area contributed by atoms with Gasteiger partial charge in [0, 0.05) is 6.54 Å². The molecule has 0 unspecified atom stereocenters. The average Bonchev–Trinajstić information content (AvgIpc) is 2.93. The zero-order valence-corrected chi connectivity index (χ0v) is 24.1. The number of amides is 2. The van der Waals surface area contributed by atoms with Gasteiger partial charge in [0.15, 0.2) is 11.5 Å². The summed E-state index contributed by atoms with van der Waals surface area (Å²) in [7, 11) is -0.697. The first-order valence-corrected chi connectivity index (χ1v) is 14.5. The van der Waals surface area contributed by atoms with Crippen LogP contribution in [0.1, 0.15) is 29.8 Å². The molecule has 0 saturated carbocycles. The van der Waals surface area contributed by atoms with Gasteiger partial charge in [-0.15, -0.1) is 0 Å². The highest BCUT2D eigenvalue weighted by molar-refractivity contribution is 7.92. The Balaban J connectivity index is 1.71. The molecule has 2 amide bonds. The molecule has 10 nitrogen and oxygen atoms in total. The molecule has 0 spiro atoms. The van der Waals surface area contributed by atoms with E-state index in [-0.39, 0.29) is 17.2 Å². The fraction of sp³-hybridized carbons (Fsp3) is 0.310. The van der Waals surface area contributed by atoms with Crippen molar-refractivity contribution in [3.05, 3.63) is 77.9 Å². The molecule has 0 heterocycles. The minimum Gasteiger partial charge on any atom is -0.494 e. The molecule has 3 aromatic rings. The topological polar surface area (TPSA) is 123 Å². The van der Waals surface area contributed by atoms with Crippen LogP contribution in [-0.4, -0.2) is 59.9 Å². The van der Waals surface area contributed by atoms with Gasteiger partial charge in [-0.25, -0.2) is 8.42 Å². The fourth-order valence-corrected chi connectivity index (χ4v) is 5.32. The van der Waals surface area contributed by atoms with E-state index in [4.69, 9.17) is 14.2 Å². The SMILES string of the molecule is CCOc1ccc(N([C@@H](C)C(=O)Nc2ccccc2C(=O)NCCc2ccc(OC)c(OC)c2)S(C)(=O)=O)cc1. The van der Waals surface area contributed by atoms with Gasteiger partial charge in [-0.3, -0.25) is 13.9 Å². The van der Waals surface area contributed by atoms with Crippen molar-refractivity contribution in [3.8, 4) is 17.2 Å². The molecule has 0 radical (unpaired) electrons. The number of para-hydroxylation sites is 1. The van der Waals surface area contributed by atoms with E-state index in [1.807, 2.05) is 19.1 Å². The Labute approximate surface area is 235 Å². The van der Waals surface area contributed by atoms with Gasteiger partial charge in [-0.05, 0) is 74.4 Å². The van der Waals surface area contributed by atoms with E-state index < -0.39 is 22.0 Å². The second-order valence-electron chi connectivity index (χ2n) is 8.89. The molecular formula is C29H35N3O7S. The lowest BCUT2D eigenvalue weighted by molar-refractivity contribution is -0.116. The lowest BCUT2D eigenvalue weighted by Crippen LogP contribution is -2.45. The Bertz CT molecular complexity index is 1430. The van der Waals surface area contributed by atoms with E-state index in [9.17, 15) is 18.0 Å². The van der Waals surface area contributed by atoms with Gasteiger partial charge in [0.05, 0.1) is 44.0 Å². The molecular weight excluding hydrogens is 534 g/mol. The zero-order valence-electron chi connectivity index (χ0n) is 23.3. The molecule has 0 bridgehead atoms. The second-order valence-corrected chi connectivity index (χ2v) is 10.8. The Morgan fingerprint density at radius 3 is 2.25 bits per heavy atom. The number of nitrogens with zero attached hydrogens (tertiary/aromatic N) is 1. The molecule has 1 atom stereocenters. The number of ether oxygens (including phenoxy) is 3. The number of methoxy groups -OCH3 is 2. The summed E-state index contributed by atoms with van der Waals surface area (Å²) in [6.45, 7) is 4.14. The Morgan fingerprint density at radius 2 is 1.62 bits per heavy atom. The molecule has 11 heteroatoms. The minimum atomic E-state index is -3.82. The Morgan fingerprint density at radius 1 is 0.950 bits per heavy atom. The third-order valence-corrected chi connectivity index (χ3v) is 7.31. The van der Waals surface area contributed by atoms with E-state index >= 15 is 0 Å². The van der Waals surface area contributed by atoms with E-state index in [0.29, 0.717) is 42.5 Å². The van der Waals surface area contributed by atoms with Gasteiger partial charge in [-0.2, -0.15) is 0 Å². The summed E-state index contributed by atoms with van der Waals surface area (Å²) >= 11 is 0. The van der Waals surface area contributed by atoms with Gasteiger partial charge in [0.2, 0.25) is 15.9 Å². The summed E-state index contributed by atoms with van der Waals surface area (Å²) in [4.78, 5) is 26.2. The number of carbonyl (C=O) groups is 2. The third kappa shape index (κ3) is 7.66. The standard InChI is InChI=1S/C29H35N3O7S/c1-6-39-23-14-12-22(13-15-23)32(40(5,35)36)20(2)28(33)31-25-10-8-7-9-24(25)29(34)30-18-17-21-11-16-26(37-3)27(19-21)38-4/h7-16,19-20H,6,17-18H2,1-5H3,(H,30,34)(H,31,33)/t20-/m0/s1. The van der Waals surface area contributed by atoms with Gasteiger partial charge >= 0.3 is 0 Å². The van der Waals surface area contributed by atoms with Crippen LogP contribution in [0.2, 0.25) is 0 Å². The highest BCUT2D eigenvalue weighted by Crippen LogP contribution is 2.28. The number of benzene rings is 3. The molecule has 3 rings (SSSR count). The first-order chi connectivity index (χ1) is 19.1. The minimum absolute atomic E-state index is 0.252. The van der Waals surface area contributed by atoms with Crippen molar-refractivity contribution >= 4 is 33.2 Å². The number of carbonyl (C=O) groups excluding carboxylic acids is 2. The molecule has 214 valence electrons. The summed E-state index contributed by atoms with van der Waals surface area (Å²) in [5.41, 5.74) is 1.78. The molecule has 0 fully saturated rings. The predicted octanol–water partition coefficient (Wildman–Crippen LogP) is 3.87. The third-order valence-electron chi connectivity index (χ3n) is 6.07. The van der Waals surface area contributed by atoms with E-state index in [1.165, 1.54) is 6.92 Å². The average molecular weight is 570 g/mol. The first-order valence-electron chi connectivity index (χ1n) is 12.7. The molecule has 0 aliphatic carbocycles. The maximum Gasteiger partial charge on any atom is 0.253 e. The molecule has 0 saturated heterocycles. The van der Waals surface area contributed by atoms with Crippen LogP contribution in [0.4, 0.5) is 11.4 Å². The van der Waals surface area contributed by atoms with Crippen LogP contribution in [0.3, 0.4) is 0 Å². The normalized spacial score (nSPS) is 11.7. The van der Waals surface area contributed by atoms with Crippen LogP contribution < -0.4 is 29.1 Å². The lowest BCUT2D eigenvalue weighted by Gasteiger charge is -2.28. The van der Waals surface area contributed by atoms with Crippen LogP contribution in [-0.2, 0) is 21.2 Å². The molecule has 0 aliphatic rings. The van der Waals surface area contributed by atoms with Crippen molar-refractivity contribution in [2.45, 2.75) is 26.3 Å². The number of hydrogen-bond acceptors (Lipinski definition) is 7. The number of nitrogens with one attached hydrogen (secondary N) is 2. The molecule has 40 heavy (non-hydrogen) atoms. The van der Waals surface area contributed by atoms with Gasteiger partial charge < -0.3 is 24.8 Å². The van der Waals surface area contributed by atoms with Crippen LogP contribution in [0, 0.1) is 0 Å². The Hall–Kier alpha value is -4.25. The van der Waals surface area contributed by atoms with Gasteiger partial charge in [0.25, 0.3) is 5.91 Å². The maximum absolute atomic E-state index is 13.2. The van der Waals surface area contributed by atoms with Crippen molar-refractivity contribution in [2.75, 3.05) is 43.2 Å². The summed E-state index contributed by atoms with van der Waals surface area (Å²) in [5.74, 6) is 0.830. The van der Waals surface area contributed by atoms with Crippen LogP contribution in [0.25, 0.3) is 0 Å². The second kappa shape index (κ2) is 13.7. The lowest BCUT2D eigenvalue weighted by atomic mass is 10.1. The van der Waals surface area contributed by atoms with Crippen LogP contribution in [0.5, 0.6) is 17.2 Å². The van der Waals surface area contributed by atoms with E-state index in [2.05, 4.69) is 10.6 Å². The smallest absolute Gasteiger partial charge is 0.253 e. The van der Waals surface area contributed by atoms with E-state index in [0.717, 1.165) is 16.1 Å². The first kappa shape index (κ1) is 30.3.